The Morgan fingerprint density at radius 1 is 1.27 bits per heavy atom. The van der Waals surface area contributed by atoms with Gasteiger partial charge in [0.05, 0.1) is 0 Å². The summed E-state index contributed by atoms with van der Waals surface area (Å²) in [4.78, 5) is 0. The van der Waals surface area contributed by atoms with Crippen molar-refractivity contribution < 1.29 is 5.11 Å². The van der Waals surface area contributed by atoms with Crippen LogP contribution in [0.1, 0.15) is 5.56 Å². The minimum Gasteiger partial charge on any atom is -0.508 e. The van der Waals surface area contributed by atoms with Gasteiger partial charge in [0.2, 0.25) is 0 Å². The molecule has 0 aliphatic carbocycles. The summed E-state index contributed by atoms with van der Waals surface area (Å²) < 4.78 is 0. The van der Waals surface area contributed by atoms with Crippen LogP contribution in [0.3, 0.4) is 0 Å². The number of phenols is 1. The average Bonchev–Trinajstić information content (AvgIpc) is 2.29. The molecule has 1 radical (unpaired) electrons. The number of hydrogen-bond acceptors (Lipinski definition) is 2. The normalized spacial score (nSPS) is 10.2. The predicted octanol–water partition coefficient (Wildman–Crippen LogP) is 2.32. The van der Waals surface area contributed by atoms with E-state index in [9.17, 15) is 5.11 Å². The molecular formula is C13H12NO. The lowest BCUT2D eigenvalue weighted by molar-refractivity contribution is 0.475. The summed E-state index contributed by atoms with van der Waals surface area (Å²) in [5.41, 5.74) is 8.70. The van der Waals surface area contributed by atoms with E-state index < -0.39 is 0 Å². The van der Waals surface area contributed by atoms with Gasteiger partial charge in [-0.2, -0.15) is 0 Å². The van der Waals surface area contributed by atoms with Crippen molar-refractivity contribution in [2.45, 2.75) is 6.54 Å². The lowest BCUT2D eigenvalue weighted by Crippen LogP contribution is -1.98. The Morgan fingerprint density at radius 3 is 2.87 bits per heavy atom. The van der Waals surface area contributed by atoms with E-state index in [1.54, 1.807) is 12.1 Å². The van der Waals surface area contributed by atoms with Gasteiger partial charge in [0.15, 0.2) is 0 Å². The maximum atomic E-state index is 9.40. The van der Waals surface area contributed by atoms with Crippen LogP contribution in [0.5, 0.6) is 5.75 Å². The summed E-state index contributed by atoms with van der Waals surface area (Å²) in [6.07, 6.45) is 0. The second-order valence-corrected chi connectivity index (χ2v) is 3.34. The van der Waals surface area contributed by atoms with E-state index in [4.69, 9.17) is 5.73 Å². The Labute approximate surface area is 89.0 Å². The van der Waals surface area contributed by atoms with E-state index in [-0.39, 0.29) is 5.75 Å². The first-order valence-electron chi connectivity index (χ1n) is 4.79. The van der Waals surface area contributed by atoms with Gasteiger partial charge in [0.1, 0.15) is 5.75 Å². The predicted molar refractivity (Wildman–Crippen MR) is 60.3 cm³/mol. The average molecular weight is 198 g/mol. The fourth-order valence-corrected chi connectivity index (χ4v) is 1.59. The molecule has 0 aliphatic heterocycles. The maximum absolute atomic E-state index is 9.40. The van der Waals surface area contributed by atoms with Crippen LogP contribution in [0.4, 0.5) is 0 Å². The molecule has 0 saturated carbocycles. The van der Waals surface area contributed by atoms with Gasteiger partial charge in [0.25, 0.3) is 0 Å². The Kier molecular flexibility index (Phi) is 2.70. The minimum absolute atomic E-state index is 0.267. The minimum atomic E-state index is 0.267. The highest BCUT2D eigenvalue weighted by atomic mass is 16.3. The van der Waals surface area contributed by atoms with Gasteiger partial charge in [-0.3, -0.25) is 0 Å². The molecule has 0 atom stereocenters. The topological polar surface area (TPSA) is 46.2 Å². The number of hydrogen-bond donors (Lipinski definition) is 2. The van der Waals surface area contributed by atoms with Gasteiger partial charge >= 0.3 is 0 Å². The molecule has 2 aromatic rings. The fraction of sp³-hybridized carbons (Fsp3) is 0.0769. The zero-order valence-corrected chi connectivity index (χ0v) is 8.27. The molecule has 0 aliphatic rings. The zero-order valence-electron chi connectivity index (χ0n) is 8.27. The van der Waals surface area contributed by atoms with Gasteiger partial charge in [-0.15, -0.1) is 0 Å². The Hall–Kier alpha value is -1.80. The summed E-state index contributed by atoms with van der Waals surface area (Å²) in [6, 6.07) is 15.8. The molecule has 0 unspecified atom stereocenters. The lowest BCUT2D eigenvalue weighted by Gasteiger charge is -2.07. The highest BCUT2D eigenvalue weighted by Crippen LogP contribution is 2.25. The van der Waals surface area contributed by atoms with E-state index in [0.717, 1.165) is 16.7 Å². The second-order valence-electron chi connectivity index (χ2n) is 3.34. The monoisotopic (exact) mass is 198 g/mol. The first kappa shape index (κ1) is 9.74. The van der Waals surface area contributed by atoms with Gasteiger partial charge < -0.3 is 10.8 Å². The Bertz CT molecular complexity index is 466. The first-order chi connectivity index (χ1) is 7.31. The molecule has 2 rings (SSSR count). The third-order valence-corrected chi connectivity index (χ3v) is 2.33. The van der Waals surface area contributed by atoms with Crippen LogP contribution in [0.15, 0.2) is 42.5 Å². The van der Waals surface area contributed by atoms with Crippen molar-refractivity contribution in [3.63, 3.8) is 0 Å². The zero-order chi connectivity index (χ0) is 10.7. The van der Waals surface area contributed by atoms with Gasteiger partial charge in [-0.25, -0.2) is 0 Å². The van der Waals surface area contributed by atoms with Crippen LogP contribution in [0.2, 0.25) is 0 Å². The standard InChI is InChI=1S/C13H12NO/c14-9-11-4-1-2-7-13(11)10-5-3-6-12(15)8-10/h2-8,15H,9,14H2. The summed E-state index contributed by atoms with van der Waals surface area (Å²) in [6.45, 7) is 0.475. The van der Waals surface area contributed by atoms with E-state index in [1.165, 1.54) is 0 Å². The Balaban J connectivity index is 2.53. The second kappa shape index (κ2) is 4.15. The maximum Gasteiger partial charge on any atom is 0.116 e. The number of rotatable bonds is 2. The van der Waals surface area contributed by atoms with E-state index in [0.29, 0.717) is 6.54 Å². The molecular weight excluding hydrogens is 186 g/mol. The van der Waals surface area contributed by atoms with Gasteiger partial charge in [-0.1, -0.05) is 24.3 Å². The molecule has 0 bridgehead atoms. The molecule has 2 heteroatoms. The van der Waals surface area contributed by atoms with Gasteiger partial charge in [-0.05, 0) is 41.0 Å². The largest absolute Gasteiger partial charge is 0.508 e. The molecule has 75 valence electrons. The molecule has 0 spiro atoms. The third-order valence-electron chi connectivity index (χ3n) is 2.33. The van der Waals surface area contributed by atoms with Crippen molar-refractivity contribution in [3.8, 4) is 16.9 Å². The number of benzene rings is 2. The molecule has 0 amide bonds. The fourth-order valence-electron chi connectivity index (χ4n) is 1.59. The quantitative estimate of drug-likeness (QED) is 0.777. The van der Waals surface area contributed by atoms with Crippen LogP contribution >= 0.6 is 0 Å². The van der Waals surface area contributed by atoms with E-state index in [2.05, 4.69) is 6.07 Å². The molecule has 0 saturated heterocycles. The van der Waals surface area contributed by atoms with Crippen LogP contribution in [-0.2, 0) is 6.54 Å². The van der Waals surface area contributed by atoms with E-state index in [1.807, 2.05) is 30.3 Å². The van der Waals surface area contributed by atoms with Crippen molar-refractivity contribution >= 4 is 0 Å². The van der Waals surface area contributed by atoms with Crippen LogP contribution in [-0.4, -0.2) is 5.11 Å². The van der Waals surface area contributed by atoms with Crippen molar-refractivity contribution in [3.05, 3.63) is 54.1 Å². The molecule has 15 heavy (non-hydrogen) atoms. The molecule has 2 nitrogen and oxygen atoms in total. The van der Waals surface area contributed by atoms with Crippen LogP contribution < -0.4 is 5.73 Å². The molecule has 0 aromatic heterocycles. The van der Waals surface area contributed by atoms with Crippen molar-refractivity contribution in [1.29, 1.82) is 0 Å². The number of nitrogens with two attached hydrogens (primary N) is 1. The smallest absolute Gasteiger partial charge is 0.116 e. The number of phenolic OH excluding ortho intramolecular Hbond substituents is 1. The van der Waals surface area contributed by atoms with Crippen molar-refractivity contribution in [2.24, 2.45) is 5.73 Å². The van der Waals surface area contributed by atoms with Gasteiger partial charge in [0, 0.05) is 6.54 Å². The first-order valence-corrected chi connectivity index (χ1v) is 4.79. The SMILES string of the molecule is NCc1c[c]ccc1-c1cccc(O)c1. The summed E-state index contributed by atoms with van der Waals surface area (Å²) in [5, 5.41) is 9.40. The third kappa shape index (κ3) is 2.00. The van der Waals surface area contributed by atoms with Crippen molar-refractivity contribution in [1.82, 2.24) is 0 Å². The summed E-state index contributed by atoms with van der Waals surface area (Å²) >= 11 is 0. The van der Waals surface area contributed by atoms with E-state index >= 15 is 0 Å². The highest BCUT2D eigenvalue weighted by molar-refractivity contribution is 5.68. The van der Waals surface area contributed by atoms with Crippen LogP contribution in [0, 0.1) is 6.07 Å². The molecule has 0 heterocycles. The lowest BCUT2D eigenvalue weighted by atomic mass is 10.00. The summed E-state index contributed by atoms with van der Waals surface area (Å²) in [7, 11) is 0. The molecule has 2 aromatic carbocycles. The summed E-state index contributed by atoms with van der Waals surface area (Å²) in [5.74, 6) is 0.267. The molecule has 3 N–H and O–H groups in total. The number of aromatic hydroxyl groups is 1. The van der Waals surface area contributed by atoms with Crippen LogP contribution in [0.25, 0.3) is 11.1 Å². The highest BCUT2D eigenvalue weighted by Gasteiger charge is 2.03. The molecule has 0 fully saturated rings. The Morgan fingerprint density at radius 2 is 2.13 bits per heavy atom. The van der Waals surface area contributed by atoms with Crippen molar-refractivity contribution in [2.75, 3.05) is 0 Å².